The Labute approximate surface area is 152 Å². The van der Waals surface area contributed by atoms with Crippen LogP contribution >= 0.6 is 34.8 Å². The smallest absolute Gasteiger partial charge is 0.248 e. The first-order valence-corrected chi connectivity index (χ1v) is 8.23. The Morgan fingerprint density at radius 3 is 2.38 bits per heavy atom. The second-order valence-electron chi connectivity index (χ2n) is 5.24. The normalized spacial score (nSPS) is 16.3. The molecule has 8 heteroatoms. The number of tetrazole rings is 1. The zero-order valence-electron chi connectivity index (χ0n) is 12.1. The van der Waals surface area contributed by atoms with E-state index in [9.17, 15) is 0 Å². The Hall–Kier alpha value is -2.08. The van der Waals surface area contributed by atoms with Crippen molar-refractivity contribution in [3.05, 3.63) is 74.7 Å². The number of hydrogen-bond donors (Lipinski definition) is 1. The van der Waals surface area contributed by atoms with Gasteiger partial charge in [0.05, 0.1) is 0 Å². The lowest BCUT2D eigenvalue weighted by Crippen LogP contribution is -2.20. The fourth-order valence-electron chi connectivity index (χ4n) is 2.65. The summed E-state index contributed by atoms with van der Waals surface area (Å²) < 4.78 is 1.65. The predicted octanol–water partition coefficient (Wildman–Crippen LogP) is 4.69. The molecular weight excluding hydrogens is 369 g/mol. The zero-order chi connectivity index (χ0) is 16.7. The highest BCUT2D eigenvalue weighted by Gasteiger charge is 2.27. The number of allylic oxidation sites excluding steroid dienone is 1. The largest absolute Gasteiger partial charge is 0.323 e. The molecule has 2 heterocycles. The predicted molar refractivity (Wildman–Crippen MR) is 95.5 cm³/mol. The lowest BCUT2D eigenvalue weighted by Gasteiger charge is -2.24. The van der Waals surface area contributed by atoms with Gasteiger partial charge in [0.2, 0.25) is 5.95 Å². The number of nitrogens with zero attached hydrogens (tertiary/aromatic N) is 4. The number of nitrogens with one attached hydrogen (secondary N) is 1. The molecule has 2 aromatic carbocycles. The van der Waals surface area contributed by atoms with Gasteiger partial charge in [0, 0.05) is 26.3 Å². The van der Waals surface area contributed by atoms with Gasteiger partial charge in [-0.15, -0.1) is 0 Å². The van der Waals surface area contributed by atoms with E-state index in [1.54, 1.807) is 22.9 Å². The van der Waals surface area contributed by atoms with E-state index in [0.717, 1.165) is 16.8 Å². The van der Waals surface area contributed by atoms with Crippen LogP contribution in [0.15, 0.2) is 48.5 Å². The molecule has 4 rings (SSSR count). The Balaban J connectivity index is 1.87. The van der Waals surface area contributed by atoms with Crippen molar-refractivity contribution in [3.63, 3.8) is 0 Å². The minimum Gasteiger partial charge on any atom is -0.323 e. The van der Waals surface area contributed by atoms with Crippen LogP contribution in [0.2, 0.25) is 15.1 Å². The third-order valence-electron chi connectivity index (χ3n) is 3.78. The first-order chi connectivity index (χ1) is 11.6. The highest BCUT2D eigenvalue weighted by Crippen LogP contribution is 2.38. The van der Waals surface area contributed by atoms with Crippen molar-refractivity contribution in [2.45, 2.75) is 6.04 Å². The molecule has 0 radical (unpaired) electrons. The topological polar surface area (TPSA) is 55.6 Å². The molecule has 1 aliphatic rings. The SMILES string of the molecule is Clc1ccc(C2=C[C@@H](c3c(Cl)cccc3Cl)n3nnnc3N2)cc1. The molecule has 0 aliphatic carbocycles. The maximum absolute atomic E-state index is 6.38. The first kappa shape index (κ1) is 15.4. The molecule has 0 unspecified atom stereocenters. The van der Waals surface area contributed by atoms with Crippen LogP contribution in [-0.2, 0) is 0 Å². The fourth-order valence-corrected chi connectivity index (χ4v) is 3.40. The highest BCUT2D eigenvalue weighted by molar-refractivity contribution is 6.36. The van der Waals surface area contributed by atoms with Crippen LogP contribution in [0.1, 0.15) is 17.2 Å². The maximum Gasteiger partial charge on any atom is 0.248 e. The minimum absolute atomic E-state index is 0.317. The molecule has 1 atom stereocenters. The van der Waals surface area contributed by atoms with Gasteiger partial charge in [-0.05, 0) is 46.3 Å². The average Bonchev–Trinajstić information content (AvgIpc) is 3.04. The number of rotatable bonds is 2. The molecule has 24 heavy (non-hydrogen) atoms. The van der Waals surface area contributed by atoms with E-state index in [4.69, 9.17) is 34.8 Å². The monoisotopic (exact) mass is 377 g/mol. The number of halogens is 3. The fraction of sp³-hybridized carbons (Fsp3) is 0.0625. The summed E-state index contributed by atoms with van der Waals surface area (Å²) in [6.45, 7) is 0. The lowest BCUT2D eigenvalue weighted by atomic mass is 10.0. The van der Waals surface area contributed by atoms with Gasteiger partial charge < -0.3 is 5.32 Å². The van der Waals surface area contributed by atoms with Crippen LogP contribution in [0.4, 0.5) is 5.95 Å². The van der Waals surface area contributed by atoms with E-state index in [2.05, 4.69) is 20.8 Å². The molecule has 1 N–H and O–H groups in total. The van der Waals surface area contributed by atoms with Gasteiger partial charge >= 0.3 is 0 Å². The lowest BCUT2D eigenvalue weighted by molar-refractivity contribution is 0.586. The Kier molecular flexibility index (Phi) is 3.92. The highest BCUT2D eigenvalue weighted by atomic mass is 35.5. The third kappa shape index (κ3) is 2.65. The first-order valence-electron chi connectivity index (χ1n) is 7.10. The van der Waals surface area contributed by atoms with Gasteiger partial charge in [-0.3, -0.25) is 0 Å². The molecule has 0 saturated carbocycles. The van der Waals surface area contributed by atoms with Crippen LogP contribution in [0, 0.1) is 0 Å². The molecule has 0 amide bonds. The molecule has 0 spiro atoms. The standard InChI is InChI=1S/C16H10Cl3N5/c17-10-6-4-9(5-7-10)13-8-14(24-16(20-13)21-22-23-24)15-11(18)2-1-3-12(15)19/h1-8,14H,(H,20,21,23)/t14-/m0/s1. The molecule has 0 fully saturated rings. The van der Waals surface area contributed by atoms with Crippen molar-refractivity contribution in [1.82, 2.24) is 20.2 Å². The van der Waals surface area contributed by atoms with E-state index >= 15 is 0 Å². The molecule has 0 saturated heterocycles. The summed E-state index contributed by atoms with van der Waals surface area (Å²) >= 11 is 18.7. The van der Waals surface area contributed by atoms with Gasteiger partial charge in [0.1, 0.15) is 6.04 Å². The summed E-state index contributed by atoms with van der Waals surface area (Å²) in [7, 11) is 0. The average molecular weight is 379 g/mol. The van der Waals surface area contributed by atoms with Crippen molar-refractivity contribution in [1.29, 1.82) is 0 Å². The summed E-state index contributed by atoms with van der Waals surface area (Å²) in [6, 6.07) is 12.6. The van der Waals surface area contributed by atoms with Crippen molar-refractivity contribution in [2.75, 3.05) is 5.32 Å². The van der Waals surface area contributed by atoms with Crippen molar-refractivity contribution in [3.8, 4) is 0 Å². The van der Waals surface area contributed by atoms with Crippen LogP contribution in [0.3, 0.4) is 0 Å². The van der Waals surface area contributed by atoms with Crippen LogP contribution in [0.25, 0.3) is 5.70 Å². The summed E-state index contributed by atoms with van der Waals surface area (Å²) in [5, 5.41) is 16.8. The number of anilines is 1. The molecule has 3 aromatic rings. The maximum atomic E-state index is 6.38. The van der Waals surface area contributed by atoms with E-state index in [1.165, 1.54) is 0 Å². The Morgan fingerprint density at radius 2 is 1.67 bits per heavy atom. The molecule has 120 valence electrons. The molecule has 5 nitrogen and oxygen atoms in total. The summed E-state index contributed by atoms with van der Waals surface area (Å²) in [5.41, 5.74) is 2.57. The minimum atomic E-state index is -0.317. The van der Waals surface area contributed by atoms with Gasteiger partial charge in [0.25, 0.3) is 0 Å². The van der Waals surface area contributed by atoms with Gasteiger partial charge in [-0.25, -0.2) is 0 Å². The number of aromatic nitrogens is 4. The zero-order valence-corrected chi connectivity index (χ0v) is 14.4. The summed E-state index contributed by atoms with van der Waals surface area (Å²) in [4.78, 5) is 0. The Bertz CT molecular complexity index is 913. The van der Waals surface area contributed by atoms with E-state index in [0.29, 0.717) is 21.0 Å². The quantitative estimate of drug-likeness (QED) is 0.703. The van der Waals surface area contributed by atoms with Crippen molar-refractivity contribution in [2.24, 2.45) is 0 Å². The van der Waals surface area contributed by atoms with Crippen LogP contribution in [0.5, 0.6) is 0 Å². The van der Waals surface area contributed by atoms with Crippen molar-refractivity contribution < 1.29 is 0 Å². The second-order valence-corrected chi connectivity index (χ2v) is 6.49. The van der Waals surface area contributed by atoms with Crippen LogP contribution in [-0.4, -0.2) is 20.2 Å². The summed E-state index contributed by atoms with van der Waals surface area (Å²) in [5.74, 6) is 0.517. The molecular formula is C16H10Cl3N5. The van der Waals surface area contributed by atoms with E-state index in [1.807, 2.05) is 30.3 Å². The number of fused-ring (bicyclic) bond motifs is 1. The second kappa shape index (κ2) is 6.09. The number of benzene rings is 2. The summed E-state index contributed by atoms with van der Waals surface area (Å²) in [6.07, 6.45) is 1.99. The molecule has 1 aliphatic heterocycles. The van der Waals surface area contributed by atoms with Gasteiger partial charge in [-0.2, -0.15) is 4.68 Å². The third-order valence-corrected chi connectivity index (χ3v) is 4.69. The van der Waals surface area contributed by atoms with E-state index < -0.39 is 0 Å². The Morgan fingerprint density at radius 1 is 0.958 bits per heavy atom. The molecule has 0 bridgehead atoms. The van der Waals surface area contributed by atoms with Crippen molar-refractivity contribution >= 4 is 46.4 Å². The van der Waals surface area contributed by atoms with Gasteiger partial charge in [-0.1, -0.05) is 58.1 Å². The molecule has 1 aromatic heterocycles. The van der Waals surface area contributed by atoms with Crippen LogP contribution < -0.4 is 5.32 Å². The van der Waals surface area contributed by atoms with E-state index in [-0.39, 0.29) is 6.04 Å². The number of hydrogen-bond acceptors (Lipinski definition) is 4. The van der Waals surface area contributed by atoms with Gasteiger partial charge in [0.15, 0.2) is 0 Å².